The van der Waals surface area contributed by atoms with Crippen molar-refractivity contribution in [2.75, 3.05) is 12.4 Å². The van der Waals surface area contributed by atoms with Crippen LogP contribution in [-0.4, -0.2) is 24.2 Å². The van der Waals surface area contributed by atoms with Gasteiger partial charge in [-0.25, -0.2) is 0 Å². The SMILES string of the molecule is COc1cccc(OC(C)C(=O)NNC(=S)Nc2ccc(C)cc2C)c1. The van der Waals surface area contributed by atoms with Crippen LogP contribution in [0.3, 0.4) is 0 Å². The molecule has 7 heteroatoms. The largest absolute Gasteiger partial charge is 0.497 e. The van der Waals surface area contributed by atoms with Crippen molar-refractivity contribution in [1.29, 1.82) is 0 Å². The quantitative estimate of drug-likeness (QED) is 0.553. The van der Waals surface area contributed by atoms with E-state index in [4.69, 9.17) is 21.7 Å². The summed E-state index contributed by atoms with van der Waals surface area (Å²) >= 11 is 5.20. The van der Waals surface area contributed by atoms with E-state index in [1.54, 1.807) is 38.3 Å². The first-order valence-electron chi connectivity index (χ1n) is 8.14. The molecular formula is C19H23N3O3S. The van der Waals surface area contributed by atoms with E-state index in [9.17, 15) is 4.79 Å². The summed E-state index contributed by atoms with van der Waals surface area (Å²) in [5, 5.41) is 3.34. The van der Waals surface area contributed by atoms with Gasteiger partial charge in [-0.05, 0) is 56.8 Å². The summed E-state index contributed by atoms with van der Waals surface area (Å²) in [6.07, 6.45) is -0.710. The number of methoxy groups -OCH3 is 1. The average Bonchev–Trinajstić information content (AvgIpc) is 2.62. The number of hydrogen-bond donors (Lipinski definition) is 3. The van der Waals surface area contributed by atoms with Crippen LogP contribution in [0.4, 0.5) is 5.69 Å². The molecular weight excluding hydrogens is 350 g/mol. The number of hydrogen-bond acceptors (Lipinski definition) is 4. The predicted molar refractivity (Wildman–Crippen MR) is 106 cm³/mol. The Labute approximate surface area is 158 Å². The second-order valence-corrected chi connectivity index (χ2v) is 6.23. The number of hydrazine groups is 1. The van der Waals surface area contributed by atoms with Gasteiger partial charge in [0.05, 0.1) is 7.11 Å². The van der Waals surface area contributed by atoms with Crippen molar-refractivity contribution in [2.24, 2.45) is 0 Å². The third-order valence-corrected chi connectivity index (χ3v) is 3.86. The van der Waals surface area contributed by atoms with Crippen LogP contribution >= 0.6 is 12.2 Å². The second kappa shape index (κ2) is 9.05. The molecule has 0 aromatic heterocycles. The van der Waals surface area contributed by atoms with Crippen LogP contribution in [0.15, 0.2) is 42.5 Å². The van der Waals surface area contributed by atoms with Gasteiger partial charge in [-0.1, -0.05) is 23.8 Å². The molecule has 2 aromatic rings. The summed E-state index contributed by atoms with van der Waals surface area (Å²) in [4.78, 5) is 12.2. The van der Waals surface area contributed by atoms with Gasteiger partial charge in [0.15, 0.2) is 11.2 Å². The number of aryl methyl sites for hydroxylation is 2. The van der Waals surface area contributed by atoms with Crippen molar-refractivity contribution >= 4 is 28.9 Å². The van der Waals surface area contributed by atoms with Gasteiger partial charge in [0, 0.05) is 11.8 Å². The lowest BCUT2D eigenvalue weighted by atomic mass is 10.1. The highest BCUT2D eigenvalue weighted by atomic mass is 32.1. The minimum absolute atomic E-state index is 0.291. The molecule has 0 saturated carbocycles. The molecule has 0 saturated heterocycles. The summed E-state index contributed by atoms with van der Waals surface area (Å²) < 4.78 is 10.7. The van der Waals surface area contributed by atoms with Gasteiger partial charge >= 0.3 is 0 Å². The topological polar surface area (TPSA) is 71.6 Å². The van der Waals surface area contributed by atoms with E-state index in [-0.39, 0.29) is 5.91 Å². The van der Waals surface area contributed by atoms with E-state index < -0.39 is 6.10 Å². The Morgan fingerprint density at radius 1 is 1.08 bits per heavy atom. The zero-order valence-corrected chi connectivity index (χ0v) is 16.1. The Bertz CT molecular complexity index is 795. The molecule has 0 aliphatic rings. The maximum atomic E-state index is 12.2. The lowest BCUT2D eigenvalue weighted by Gasteiger charge is -2.17. The molecule has 0 radical (unpaired) electrons. The van der Waals surface area contributed by atoms with Crippen molar-refractivity contribution in [3.8, 4) is 11.5 Å². The Hall–Kier alpha value is -2.80. The molecule has 0 fully saturated rings. The maximum Gasteiger partial charge on any atom is 0.279 e. The van der Waals surface area contributed by atoms with Gasteiger partial charge in [0.25, 0.3) is 5.91 Å². The third-order valence-electron chi connectivity index (χ3n) is 3.65. The molecule has 2 rings (SSSR count). The van der Waals surface area contributed by atoms with Gasteiger partial charge in [-0.2, -0.15) is 0 Å². The molecule has 138 valence electrons. The molecule has 0 heterocycles. The molecule has 1 atom stereocenters. The lowest BCUT2D eigenvalue weighted by molar-refractivity contribution is -0.127. The van der Waals surface area contributed by atoms with Gasteiger partial charge in [-0.15, -0.1) is 0 Å². The fourth-order valence-electron chi connectivity index (χ4n) is 2.26. The first-order valence-corrected chi connectivity index (χ1v) is 8.54. The Kier molecular flexibility index (Phi) is 6.80. The summed E-state index contributed by atoms with van der Waals surface area (Å²) in [6.45, 7) is 5.66. The van der Waals surface area contributed by atoms with E-state index >= 15 is 0 Å². The number of rotatable bonds is 5. The number of anilines is 1. The number of ether oxygens (including phenoxy) is 2. The zero-order chi connectivity index (χ0) is 19.1. The fourth-order valence-corrected chi connectivity index (χ4v) is 2.42. The van der Waals surface area contributed by atoms with E-state index in [2.05, 4.69) is 16.2 Å². The van der Waals surface area contributed by atoms with E-state index in [1.165, 1.54) is 5.56 Å². The molecule has 2 aromatic carbocycles. The highest BCUT2D eigenvalue weighted by Gasteiger charge is 2.15. The smallest absolute Gasteiger partial charge is 0.279 e. The number of benzene rings is 2. The first-order chi connectivity index (χ1) is 12.4. The van der Waals surface area contributed by atoms with E-state index in [0.29, 0.717) is 16.6 Å². The molecule has 3 N–H and O–H groups in total. The number of carbonyl (C=O) groups is 1. The molecule has 0 aliphatic heterocycles. The minimum atomic E-state index is -0.710. The van der Waals surface area contributed by atoms with Crippen molar-refractivity contribution in [3.05, 3.63) is 53.6 Å². The number of carbonyl (C=O) groups excluding carboxylic acids is 1. The lowest BCUT2D eigenvalue weighted by Crippen LogP contribution is -2.48. The third kappa shape index (κ3) is 5.63. The minimum Gasteiger partial charge on any atom is -0.497 e. The molecule has 1 unspecified atom stereocenters. The fraction of sp³-hybridized carbons (Fsp3) is 0.263. The number of amides is 1. The standard InChI is InChI=1S/C19H23N3O3S/c1-12-8-9-17(13(2)10-12)20-19(26)22-21-18(23)14(3)25-16-7-5-6-15(11-16)24-4/h5-11,14H,1-4H3,(H,21,23)(H2,20,22,26). The van der Waals surface area contributed by atoms with Crippen LogP contribution in [0.25, 0.3) is 0 Å². The second-order valence-electron chi connectivity index (χ2n) is 5.83. The monoisotopic (exact) mass is 373 g/mol. The van der Waals surface area contributed by atoms with Crippen LogP contribution in [-0.2, 0) is 4.79 Å². The van der Waals surface area contributed by atoms with Crippen LogP contribution in [0.2, 0.25) is 0 Å². The summed E-state index contributed by atoms with van der Waals surface area (Å²) in [5.41, 5.74) is 8.32. The zero-order valence-electron chi connectivity index (χ0n) is 15.3. The highest BCUT2D eigenvalue weighted by molar-refractivity contribution is 7.80. The van der Waals surface area contributed by atoms with Crippen LogP contribution < -0.4 is 25.6 Å². The molecule has 0 spiro atoms. The van der Waals surface area contributed by atoms with Crippen LogP contribution in [0.1, 0.15) is 18.1 Å². The van der Waals surface area contributed by atoms with E-state index in [0.717, 1.165) is 11.3 Å². The molecule has 0 bridgehead atoms. The Morgan fingerprint density at radius 3 is 2.50 bits per heavy atom. The van der Waals surface area contributed by atoms with Crippen molar-refractivity contribution in [3.63, 3.8) is 0 Å². The van der Waals surface area contributed by atoms with Gasteiger partial charge in [0.1, 0.15) is 11.5 Å². The molecule has 0 aliphatic carbocycles. The van der Waals surface area contributed by atoms with Crippen molar-refractivity contribution in [1.82, 2.24) is 10.9 Å². The normalized spacial score (nSPS) is 11.2. The summed E-state index contributed by atoms with van der Waals surface area (Å²) in [5.74, 6) is 0.854. The Balaban J connectivity index is 1.83. The number of thiocarbonyl (C=S) groups is 1. The molecule has 26 heavy (non-hydrogen) atoms. The predicted octanol–water partition coefficient (Wildman–Crippen LogP) is 3.10. The van der Waals surface area contributed by atoms with Gasteiger partial charge in [0.2, 0.25) is 0 Å². The van der Waals surface area contributed by atoms with Crippen LogP contribution in [0.5, 0.6) is 11.5 Å². The van der Waals surface area contributed by atoms with Gasteiger partial charge in [-0.3, -0.25) is 15.6 Å². The summed E-state index contributed by atoms with van der Waals surface area (Å²) in [7, 11) is 1.57. The Morgan fingerprint density at radius 2 is 1.81 bits per heavy atom. The highest BCUT2D eigenvalue weighted by Crippen LogP contribution is 2.20. The first kappa shape index (κ1) is 19.5. The number of nitrogens with one attached hydrogen (secondary N) is 3. The molecule has 1 amide bonds. The maximum absolute atomic E-state index is 12.2. The average molecular weight is 373 g/mol. The van der Waals surface area contributed by atoms with E-state index in [1.807, 2.05) is 32.0 Å². The van der Waals surface area contributed by atoms with Gasteiger partial charge < -0.3 is 14.8 Å². The molecule has 6 nitrogen and oxygen atoms in total. The van der Waals surface area contributed by atoms with Crippen molar-refractivity contribution in [2.45, 2.75) is 26.9 Å². The summed E-state index contributed by atoms with van der Waals surface area (Å²) in [6, 6.07) is 13.0. The van der Waals surface area contributed by atoms with Crippen LogP contribution in [0, 0.1) is 13.8 Å². The van der Waals surface area contributed by atoms with Crippen molar-refractivity contribution < 1.29 is 14.3 Å².